The number of ether oxygens (including phenoxy) is 2. The Bertz CT molecular complexity index is 2570. The van der Waals surface area contributed by atoms with Crippen LogP contribution in [0.1, 0.15) is 81.8 Å². The Morgan fingerprint density at radius 1 is 0.683 bits per heavy atom. The zero-order valence-electron chi connectivity index (χ0n) is 36.3. The van der Waals surface area contributed by atoms with Crippen LogP contribution in [-0.2, 0) is 54.6 Å². The van der Waals surface area contributed by atoms with Crippen LogP contribution in [0.5, 0.6) is 0 Å². The van der Waals surface area contributed by atoms with E-state index < -0.39 is 11.2 Å². The van der Waals surface area contributed by atoms with Gasteiger partial charge in [-0.3, -0.25) is 9.59 Å². The molecule has 4 aromatic heterocycles. The molecule has 6 aromatic rings. The molecule has 0 saturated heterocycles. The molecule has 332 valence electrons. The minimum Gasteiger partial charge on any atom is -0.444 e. The molecule has 2 aliphatic rings. The Hall–Kier alpha value is -5.04. The second-order valence-electron chi connectivity index (χ2n) is 16.8. The van der Waals surface area contributed by atoms with Crippen LogP contribution in [0.25, 0.3) is 41.6 Å². The van der Waals surface area contributed by atoms with Gasteiger partial charge in [0.2, 0.25) is 11.8 Å². The molecule has 0 atom stereocenters. The van der Waals surface area contributed by atoms with Crippen molar-refractivity contribution in [3.8, 4) is 21.1 Å². The molecule has 14 nitrogen and oxygen atoms in total. The van der Waals surface area contributed by atoms with Gasteiger partial charge in [0, 0.05) is 52.3 Å². The van der Waals surface area contributed by atoms with E-state index in [1.807, 2.05) is 59.7 Å². The van der Waals surface area contributed by atoms with Crippen molar-refractivity contribution in [3.05, 3.63) is 67.3 Å². The molecule has 2 aliphatic heterocycles. The summed E-state index contributed by atoms with van der Waals surface area (Å²) in [5, 5.41) is 9.33. The number of benzene rings is 2. The molecular formula is C44H47BrN6O8S4. The maximum Gasteiger partial charge on any atom is 0.410 e. The van der Waals surface area contributed by atoms with Crippen LogP contribution in [0.15, 0.2) is 40.9 Å². The van der Waals surface area contributed by atoms with Gasteiger partial charge in [-0.25, -0.2) is 19.6 Å². The lowest BCUT2D eigenvalue weighted by Crippen LogP contribution is -2.39. The molecule has 0 bridgehead atoms. The van der Waals surface area contributed by atoms with Crippen LogP contribution in [0.3, 0.4) is 0 Å². The third kappa shape index (κ3) is 11.8. The highest BCUT2D eigenvalue weighted by molar-refractivity contribution is 9.10. The highest BCUT2D eigenvalue weighted by Gasteiger charge is 2.33. The average Bonchev–Trinajstić information content (AvgIpc) is 3.94. The second kappa shape index (κ2) is 19.4. The highest BCUT2D eigenvalue weighted by atomic mass is 79.9. The Labute approximate surface area is 389 Å². The minimum atomic E-state index is -0.533. The van der Waals surface area contributed by atoms with Crippen molar-refractivity contribution in [2.75, 3.05) is 23.7 Å². The quantitative estimate of drug-likeness (QED) is 0.173. The largest absolute Gasteiger partial charge is 0.444 e. The van der Waals surface area contributed by atoms with Crippen molar-refractivity contribution in [3.63, 3.8) is 0 Å². The molecule has 0 unspecified atom stereocenters. The van der Waals surface area contributed by atoms with Crippen LogP contribution in [0, 0.1) is 6.92 Å². The number of nitrogens with zero attached hydrogens (tertiary/aromatic N) is 4. The van der Waals surface area contributed by atoms with Gasteiger partial charge in [0.1, 0.15) is 31.2 Å². The zero-order valence-corrected chi connectivity index (χ0v) is 41.1. The molecule has 19 heteroatoms. The molecule has 63 heavy (non-hydrogen) atoms. The van der Waals surface area contributed by atoms with Crippen LogP contribution in [0.4, 0.5) is 19.6 Å². The predicted octanol–water partition coefficient (Wildman–Crippen LogP) is 11.0. The van der Waals surface area contributed by atoms with Gasteiger partial charge >= 0.3 is 18.3 Å². The van der Waals surface area contributed by atoms with Crippen LogP contribution in [0.2, 0.25) is 0 Å². The van der Waals surface area contributed by atoms with Crippen molar-refractivity contribution >= 4 is 122 Å². The first kappa shape index (κ1) is 47.4. The lowest BCUT2D eigenvalue weighted by Gasteiger charge is -2.30. The number of carbonyl (C=O) groups excluding carboxylic acids is 6. The van der Waals surface area contributed by atoms with Crippen molar-refractivity contribution in [2.45, 2.75) is 99.4 Å². The SMILES string of the molecule is CC(=O)Nc1sc2c(c1-c1nc3cc(Br)ccc3s1)CCN(C(=O)OC(C)(C)C)C2.CC(=O)Nc1sc2c(c1-c1nc3cc(C)ccc3s1)CCN(C(=O)OC(C)(C)C)C2.O=C=O. The second-order valence-corrected chi connectivity index (χ2v) is 22.0. The molecule has 0 radical (unpaired) electrons. The van der Waals surface area contributed by atoms with E-state index in [9.17, 15) is 19.2 Å². The molecule has 2 aromatic carbocycles. The molecular weight excluding hydrogens is 949 g/mol. The van der Waals surface area contributed by atoms with Gasteiger partial charge in [-0.1, -0.05) is 22.0 Å². The van der Waals surface area contributed by atoms with E-state index in [1.165, 1.54) is 47.6 Å². The third-order valence-electron chi connectivity index (χ3n) is 9.32. The summed E-state index contributed by atoms with van der Waals surface area (Å²) in [6.45, 7) is 18.4. The van der Waals surface area contributed by atoms with E-state index in [0.29, 0.717) is 39.0 Å². The number of amides is 4. The number of thiophene rings is 2. The molecule has 0 fully saturated rings. The topological polar surface area (TPSA) is 177 Å². The molecule has 8 rings (SSSR count). The summed E-state index contributed by atoms with van der Waals surface area (Å²) in [5.41, 5.74) is 6.29. The number of hydrogen-bond acceptors (Lipinski definition) is 14. The fourth-order valence-electron chi connectivity index (χ4n) is 6.87. The number of carbonyl (C=O) groups is 4. The van der Waals surface area contributed by atoms with E-state index in [4.69, 9.17) is 29.0 Å². The summed E-state index contributed by atoms with van der Waals surface area (Å²) < 4.78 is 14.3. The number of halogens is 1. The first-order valence-electron chi connectivity index (χ1n) is 19.9. The van der Waals surface area contributed by atoms with E-state index in [1.54, 1.807) is 32.5 Å². The minimum absolute atomic E-state index is 0.115. The fraction of sp³-hybridized carbons (Fsp3) is 0.386. The number of aromatic nitrogens is 2. The summed E-state index contributed by atoms with van der Waals surface area (Å²) in [5.74, 6) is -0.237. The summed E-state index contributed by atoms with van der Waals surface area (Å²) in [4.78, 5) is 80.3. The maximum atomic E-state index is 12.5. The van der Waals surface area contributed by atoms with Gasteiger partial charge in [-0.05, 0) is 108 Å². The van der Waals surface area contributed by atoms with Crippen molar-refractivity contribution < 1.29 is 38.2 Å². The predicted molar refractivity (Wildman–Crippen MR) is 253 cm³/mol. The molecule has 6 heterocycles. The first-order valence-corrected chi connectivity index (χ1v) is 23.9. The number of thiazole rings is 2. The van der Waals surface area contributed by atoms with Gasteiger partial charge in [0.15, 0.2) is 0 Å². The number of rotatable bonds is 4. The van der Waals surface area contributed by atoms with Crippen molar-refractivity contribution in [1.29, 1.82) is 0 Å². The van der Waals surface area contributed by atoms with Crippen LogP contribution in [-0.4, -0.2) is 74.2 Å². The van der Waals surface area contributed by atoms with Crippen LogP contribution < -0.4 is 10.6 Å². The summed E-state index contributed by atoms with van der Waals surface area (Å²) in [6, 6.07) is 12.3. The van der Waals surface area contributed by atoms with Gasteiger partial charge < -0.3 is 29.9 Å². The van der Waals surface area contributed by atoms with Gasteiger partial charge in [-0.15, -0.1) is 45.3 Å². The van der Waals surface area contributed by atoms with Gasteiger partial charge in [0.05, 0.1) is 33.5 Å². The lowest BCUT2D eigenvalue weighted by atomic mass is 10.0. The third-order valence-corrected chi connectivity index (χ3v) is 14.2. The Morgan fingerprint density at radius 2 is 1.10 bits per heavy atom. The number of hydrogen-bond donors (Lipinski definition) is 2. The molecule has 0 spiro atoms. The summed E-state index contributed by atoms with van der Waals surface area (Å²) in [6.07, 6.45) is 1.03. The van der Waals surface area contributed by atoms with Gasteiger partial charge in [-0.2, -0.15) is 9.59 Å². The van der Waals surface area contributed by atoms with E-state index in [2.05, 4.69) is 51.7 Å². The van der Waals surface area contributed by atoms with Gasteiger partial charge in [0.25, 0.3) is 0 Å². The zero-order chi connectivity index (χ0) is 46.0. The number of aryl methyl sites for hydroxylation is 1. The lowest BCUT2D eigenvalue weighted by molar-refractivity contribution is -0.191. The highest BCUT2D eigenvalue weighted by Crippen LogP contribution is 2.47. The van der Waals surface area contributed by atoms with E-state index >= 15 is 0 Å². The fourth-order valence-corrected chi connectivity index (χ4v) is 12.0. The normalized spacial score (nSPS) is 13.4. The Morgan fingerprint density at radius 3 is 1.51 bits per heavy atom. The Kier molecular flexibility index (Phi) is 14.6. The monoisotopic (exact) mass is 994 g/mol. The molecule has 2 N–H and O–H groups in total. The first-order chi connectivity index (χ1) is 29.6. The summed E-state index contributed by atoms with van der Waals surface area (Å²) in [7, 11) is 0. The number of nitrogens with one attached hydrogen (secondary N) is 2. The Balaban J connectivity index is 0.000000198. The van der Waals surface area contributed by atoms with E-state index in [-0.39, 0.29) is 30.2 Å². The number of fused-ring (bicyclic) bond motifs is 4. The summed E-state index contributed by atoms with van der Waals surface area (Å²) >= 11 is 9.78. The smallest absolute Gasteiger partial charge is 0.410 e. The van der Waals surface area contributed by atoms with Crippen molar-refractivity contribution in [1.82, 2.24) is 19.8 Å². The van der Waals surface area contributed by atoms with E-state index in [0.717, 1.165) is 71.4 Å². The number of anilines is 2. The average molecular weight is 996 g/mol. The van der Waals surface area contributed by atoms with Crippen molar-refractivity contribution in [2.24, 2.45) is 0 Å². The molecule has 0 aliphatic carbocycles. The molecule has 0 saturated carbocycles. The standard InChI is InChI=1S/C22H25N3O3S2.C21H22BrN3O3S2.CO2/c1-12-6-7-16-15(10-12)24-20(29-16)18-14-8-9-25(21(27)28-22(3,4)5)11-17(14)30-19(18)23-13(2)26;1-11(26)23-18-17(19-24-14-9-12(22)5-6-15(14)29-19)13-7-8-25(10-16(13)30-18)20(27)28-21(2,3)4;2-1-3/h6-7,10H,8-9,11H2,1-5H3,(H,23,26);5-6,9H,7-8,10H2,1-4H3,(H,23,26);. The molecule has 4 amide bonds. The van der Waals surface area contributed by atoms with Crippen LogP contribution >= 0.6 is 61.3 Å². The maximum absolute atomic E-state index is 12.5.